The first-order valence-corrected chi connectivity index (χ1v) is 7.95. The topological polar surface area (TPSA) is 41.7 Å². The molecule has 4 heteroatoms. The fourth-order valence-corrected chi connectivity index (χ4v) is 3.15. The zero-order valence-corrected chi connectivity index (χ0v) is 13.4. The number of benzene rings is 1. The van der Waals surface area contributed by atoms with Gasteiger partial charge in [0.25, 0.3) is 0 Å². The van der Waals surface area contributed by atoms with Crippen LogP contribution in [0.3, 0.4) is 0 Å². The van der Waals surface area contributed by atoms with Crippen LogP contribution >= 0.6 is 0 Å². The van der Waals surface area contributed by atoms with Gasteiger partial charge in [-0.3, -0.25) is 4.90 Å². The Morgan fingerprint density at radius 2 is 2.00 bits per heavy atom. The number of ether oxygens (including phenoxy) is 1. The summed E-state index contributed by atoms with van der Waals surface area (Å²) in [4.78, 5) is 4.93. The average Bonchev–Trinajstić information content (AvgIpc) is 3.01. The highest BCUT2D eigenvalue weighted by atomic mass is 16.5. The number of hydrogen-bond donors (Lipinski definition) is 1. The van der Waals surface area contributed by atoms with Crippen molar-refractivity contribution in [3.63, 3.8) is 0 Å². The van der Waals surface area contributed by atoms with E-state index in [1.165, 1.54) is 37.1 Å². The van der Waals surface area contributed by atoms with Gasteiger partial charge >= 0.3 is 0 Å². The Morgan fingerprint density at radius 3 is 2.67 bits per heavy atom. The van der Waals surface area contributed by atoms with Gasteiger partial charge in [0.2, 0.25) is 0 Å². The van der Waals surface area contributed by atoms with Crippen LogP contribution in [0.2, 0.25) is 0 Å². The van der Waals surface area contributed by atoms with Crippen molar-refractivity contribution in [1.82, 2.24) is 9.80 Å². The molecule has 1 atom stereocenters. The predicted octanol–water partition coefficient (Wildman–Crippen LogP) is 1.86. The zero-order chi connectivity index (χ0) is 15.1. The second kappa shape index (κ2) is 8.49. The minimum atomic E-state index is 0.263. The maximum atomic E-state index is 6.06. The van der Waals surface area contributed by atoms with Crippen LogP contribution in [0.1, 0.15) is 30.0 Å². The van der Waals surface area contributed by atoms with E-state index in [0.717, 1.165) is 13.1 Å². The lowest BCUT2D eigenvalue weighted by Crippen LogP contribution is -2.37. The first kappa shape index (κ1) is 16.4. The van der Waals surface area contributed by atoms with Gasteiger partial charge in [0.05, 0.1) is 6.61 Å². The van der Waals surface area contributed by atoms with E-state index in [1.807, 2.05) is 0 Å². The van der Waals surface area contributed by atoms with Crippen LogP contribution in [0.4, 0.5) is 0 Å². The molecule has 1 unspecified atom stereocenters. The van der Waals surface area contributed by atoms with Crippen molar-refractivity contribution in [3.8, 4) is 0 Å². The highest BCUT2D eigenvalue weighted by Gasteiger charge is 2.19. The van der Waals surface area contributed by atoms with Gasteiger partial charge in [0.1, 0.15) is 0 Å². The van der Waals surface area contributed by atoms with E-state index in [0.29, 0.717) is 13.2 Å². The van der Waals surface area contributed by atoms with Gasteiger partial charge in [0, 0.05) is 32.8 Å². The van der Waals surface area contributed by atoms with Gasteiger partial charge in [-0.05, 0) is 44.1 Å². The molecule has 1 fully saturated rings. The van der Waals surface area contributed by atoms with Crippen molar-refractivity contribution in [3.05, 3.63) is 35.4 Å². The Balaban J connectivity index is 2.00. The molecule has 2 rings (SSSR count). The third-order valence-electron chi connectivity index (χ3n) is 4.44. The number of hydrogen-bond acceptors (Lipinski definition) is 4. The lowest BCUT2D eigenvalue weighted by atomic mass is 9.99. The van der Waals surface area contributed by atoms with Gasteiger partial charge in [-0.15, -0.1) is 0 Å². The summed E-state index contributed by atoms with van der Waals surface area (Å²) in [6.07, 6.45) is 2.70. The molecule has 1 saturated heterocycles. The standard InChI is InChI=1S/C17H29N3O/c1-19(11-12-20-9-5-6-10-20)17(13-18)16-8-4-3-7-15(16)14-21-2/h3-4,7-8,17H,5-6,9-14,18H2,1-2H3. The minimum absolute atomic E-state index is 0.263. The molecule has 1 aliphatic rings. The van der Waals surface area contributed by atoms with Crippen LogP contribution in [0.5, 0.6) is 0 Å². The van der Waals surface area contributed by atoms with E-state index in [9.17, 15) is 0 Å². The number of likely N-dealkylation sites (tertiary alicyclic amines) is 1. The highest BCUT2D eigenvalue weighted by Crippen LogP contribution is 2.23. The fraction of sp³-hybridized carbons (Fsp3) is 0.647. The molecule has 0 aromatic heterocycles. The van der Waals surface area contributed by atoms with Crippen LogP contribution in [0, 0.1) is 0 Å². The summed E-state index contributed by atoms with van der Waals surface area (Å²) in [6, 6.07) is 8.73. The molecule has 1 aliphatic heterocycles. The van der Waals surface area contributed by atoms with Crippen molar-refractivity contribution in [2.75, 3.05) is 46.9 Å². The van der Waals surface area contributed by atoms with Gasteiger partial charge in [-0.1, -0.05) is 24.3 Å². The molecule has 4 nitrogen and oxygen atoms in total. The maximum absolute atomic E-state index is 6.06. The number of nitrogens with two attached hydrogens (primary N) is 1. The molecule has 0 saturated carbocycles. The minimum Gasteiger partial charge on any atom is -0.380 e. The van der Waals surface area contributed by atoms with E-state index < -0.39 is 0 Å². The molecule has 0 radical (unpaired) electrons. The van der Waals surface area contributed by atoms with Crippen LogP contribution in [-0.4, -0.2) is 56.7 Å². The van der Waals surface area contributed by atoms with Crippen LogP contribution < -0.4 is 5.73 Å². The molecule has 2 N–H and O–H groups in total. The van der Waals surface area contributed by atoms with Gasteiger partial charge < -0.3 is 15.4 Å². The lowest BCUT2D eigenvalue weighted by molar-refractivity contribution is 0.177. The SMILES string of the molecule is COCc1ccccc1C(CN)N(C)CCN1CCCC1. The van der Waals surface area contributed by atoms with Crippen LogP contribution in [0.15, 0.2) is 24.3 Å². The second-order valence-electron chi connectivity index (χ2n) is 5.91. The van der Waals surface area contributed by atoms with Gasteiger partial charge in [-0.2, -0.15) is 0 Å². The lowest BCUT2D eigenvalue weighted by Gasteiger charge is -2.30. The zero-order valence-electron chi connectivity index (χ0n) is 13.4. The van der Waals surface area contributed by atoms with Gasteiger partial charge in [-0.25, -0.2) is 0 Å². The van der Waals surface area contributed by atoms with Crippen LogP contribution in [0.25, 0.3) is 0 Å². The Hall–Kier alpha value is -0.940. The quantitative estimate of drug-likeness (QED) is 0.794. The number of methoxy groups -OCH3 is 1. The molecule has 1 heterocycles. The largest absolute Gasteiger partial charge is 0.380 e. The predicted molar refractivity (Wildman–Crippen MR) is 87.3 cm³/mol. The summed E-state index contributed by atoms with van der Waals surface area (Å²) in [5, 5.41) is 0. The molecular weight excluding hydrogens is 262 g/mol. The van der Waals surface area contributed by atoms with Crippen molar-refractivity contribution >= 4 is 0 Å². The van der Waals surface area contributed by atoms with E-state index in [1.54, 1.807) is 7.11 Å². The first-order chi connectivity index (χ1) is 10.3. The summed E-state index contributed by atoms with van der Waals surface area (Å²) < 4.78 is 5.32. The fourth-order valence-electron chi connectivity index (χ4n) is 3.15. The molecule has 1 aromatic carbocycles. The van der Waals surface area contributed by atoms with Crippen molar-refractivity contribution in [1.29, 1.82) is 0 Å². The molecule has 0 bridgehead atoms. The van der Waals surface area contributed by atoms with Crippen LogP contribution in [-0.2, 0) is 11.3 Å². The number of nitrogens with zero attached hydrogens (tertiary/aromatic N) is 2. The average molecular weight is 291 g/mol. The normalized spacial score (nSPS) is 17.5. The Labute approximate surface area is 128 Å². The molecule has 0 aliphatic carbocycles. The summed E-state index contributed by atoms with van der Waals surface area (Å²) in [5.41, 5.74) is 8.59. The smallest absolute Gasteiger partial charge is 0.0716 e. The maximum Gasteiger partial charge on any atom is 0.0716 e. The third-order valence-corrected chi connectivity index (χ3v) is 4.44. The Morgan fingerprint density at radius 1 is 1.29 bits per heavy atom. The Bertz CT molecular complexity index is 418. The summed E-state index contributed by atoms with van der Waals surface area (Å²) >= 11 is 0. The summed E-state index contributed by atoms with van der Waals surface area (Å²) in [5.74, 6) is 0. The molecule has 21 heavy (non-hydrogen) atoms. The van der Waals surface area contributed by atoms with Crippen molar-refractivity contribution in [2.45, 2.75) is 25.5 Å². The van der Waals surface area contributed by atoms with E-state index in [4.69, 9.17) is 10.5 Å². The van der Waals surface area contributed by atoms with Crippen molar-refractivity contribution in [2.24, 2.45) is 5.73 Å². The van der Waals surface area contributed by atoms with Gasteiger partial charge in [0.15, 0.2) is 0 Å². The third kappa shape index (κ3) is 4.51. The van der Waals surface area contributed by atoms with E-state index in [-0.39, 0.29) is 6.04 Å². The van der Waals surface area contributed by atoms with Crippen molar-refractivity contribution < 1.29 is 4.74 Å². The number of rotatable bonds is 8. The Kier molecular flexibility index (Phi) is 6.64. The highest BCUT2D eigenvalue weighted by molar-refractivity contribution is 5.30. The molecule has 0 amide bonds. The summed E-state index contributed by atoms with van der Waals surface area (Å²) in [7, 11) is 3.92. The number of likely N-dealkylation sites (N-methyl/N-ethyl adjacent to an activating group) is 1. The van der Waals surface area contributed by atoms with E-state index >= 15 is 0 Å². The molecule has 1 aromatic rings. The first-order valence-electron chi connectivity index (χ1n) is 7.95. The molecular formula is C17H29N3O. The van der Waals surface area contributed by atoms with E-state index in [2.05, 4.69) is 41.1 Å². The second-order valence-corrected chi connectivity index (χ2v) is 5.91. The molecule has 118 valence electrons. The summed E-state index contributed by atoms with van der Waals surface area (Å²) in [6.45, 7) is 5.98. The molecule has 0 spiro atoms. The monoisotopic (exact) mass is 291 g/mol.